The molecule has 5 nitrogen and oxygen atoms in total. The van der Waals surface area contributed by atoms with E-state index in [1.54, 1.807) is 13.4 Å². The molecule has 0 saturated carbocycles. The van der Waals surface area contributed by atoms with Crippen LogP contribution in [0.5, 0.6) is 0 Å². The number of ether oxygens (including phenoxy) is 1. The number of hydrogen-bond donors (Lipinski definition) is 1. The van der Waals surface area contributed by atoms with Gasteiger partial charge in [-0.2, -0.15) is 4.37 Å². The van der Waals surface area contributed by atoms with E-state index in [0.29, 0.717) is 0 Å². The standard InChI is InChI=1S/C11H16N4OS/c1-8-9-10(12-5-3-4-6-16-2)13-7-14-11(9)17-15-8/h7H,3-6H2,1-2H3,(H,12,13,14). The maximum absolute atomic E-state index is 5.01. The SMILES string of the molecule is COCCCCNc1ncnc2snc(C)c12. The van der Waals surface area contributed by atoms with Crippen LogP contribution in [-0.4, -0.2) is 34.6 Å². The summed E-state index contributed by atoms with van der Waals surface area (Å²) in [6, 6.07) is 0. The summed E-state index contributed by atoms with van der Waals surface area (Å²) in [6.45, 7) is 3.68. The van der Waals surface area contributed by atoms with Crippen LogP contribution in [0.4, 0.5) is 5.82 Å². The fraction of sp³-hybridized carbons (Fsp3) is 0.545. The van der Waals surface area contributed by atoms with Gasteiger partial charge in [-0.3, -0.25) is 0 Å². The van der Waals surface area contributed by atoms with Crippen molar-refractivity contribution in [2.45, 2.75) is 19.8 Å². The van der Waals surface area contributed by atoms with Crippen molar-refractivity contribution in [3.05, 3.63) is 12.0 Å². The summed E-state index contributed by atoms with van der Waals surface area (Å²) in [5, 5.41) is 4.38. The second kappa shape index (κ2) is 5.88. The number of unbranched alkanes of at least 4 members (excludes halogenated alkanes) is 1. The van der Waals surface area contributed by atoms with Gasteiger partial charge >= 0.3 is 0 Å². The van der Waals surface area contributed by atoms with E-state index in [0.717, 1.165) is 47.7 Å². The Morgan fingerprint density at radius 2 is 2.24 bits per heavy atom. The highest BCUT2D eigenvalue weighted by Crippen LogP contribution is 2.25. The van der Waals surface area contributed by atoms with E-state index in [4.69, 9.17) is 4.74 Å². The monoisotopic (exact) mass is 252 g/mol. The summed E-state index contributed by atoms with van der Waals surface area (Å²) in [4.78, 5) is 9.42. The number of hydrogen-bond acceptors (Lipinski definition) is 6. The third-order valence-corrected chi connectivity index (χ3v) is 3.36. The van der Waals surface area contributed by atoms with Crippen LogP contribution in [0.25, 0.3) is 10.2 Å². The van der Waals surface area contributed by atoms with Gasteiger partial charge in [0.2, 0.25) is 0 Å². The van der Waals surface area contributed by atoms with Gasteiger partial charge in [-0.25, -0.2) is 9.97 Å². The molecule has 0 fully saturated rings. The summed E-state index contributed by atoms with van der Waals surface area (Å²) in [6.07, 6.45) is 3.70. The molecular weight excluding hydrogens is 236 g/mol. The first-order chi connectivity index (χ1) is 8.33. The van der Waals surface area contributed by atoms with Crippen molar-refractivity contribution in [3.8, 4) is 0 Å². The minimum atomic E-state index is 0.805. The van der Waals surface area contributed by atoms with Crippen molar-refractivity contribution < 1.29 is 4.74 Å². The number of nitrogens with zero attached hydrogens (tertiary/aromatic N) is 3. The Hall–Kier alpha value is -1.27. The van der Waals surface area contributed by atoms with Crippen molar-refractivity contribution in [2.75, 3.05) is 25.6 Å². The normalized spacial score (nSPS) is 10.9. The van der Waals surface area contributed by atoms with E-state index < -0.39 is 0 Å². The summed E-state index contributed by atoms with van der Waals surface area (Å²) < 4.78 is 9.30. The number of nitrogens with one attached hydrogen (secondary N) is 1. The van der Waals surface area contributed by atoms with Gasteiger partial charge in [0.15, 0.2) is 0 Å². The van der Waals surface area contributed by atoms with Crippen LogP contribution >= 0.6 is 11.5 Å². The lowest BCUT2D eigenvalue weighted by molar-refractivity contribution is 0.194. The second-order valence-corrected chi connectivity index (χ2v) is 4.55. The van der Waals surface area contributed by atoms with Gasteiger partial charge in [0.25, 0.3) is 0 Å². The van der Waals surface area contributed by atoms with E-state index in [-0.39, 0.29) is 0 Å². The number of methoxy groups -OCH3 is 1. The molecule has 0 aromatic carbocycles. The van der Waals surface area contributed by atoms with Gasteiger partial charge in [-0.15, -0.1) is 0 Å². The molecule has 0 unspecified atom stereocenters. The van der Waals surface area contributed by atoms with Crippen molar-refractivity contribution in [1.82, 2.24) is 14.3 Å². The summed E-state index contributed by atoms with van der Waals surface area (Å²) in [5.41, 5.74) is 0.991. The Morgan fingerprint density at radius 3 is 3.06 bits per heavy atom. The molecule has 2 heterocycles. The molecule has 92 valence electrons. The quantitative estimate of drug-likeness (QED) is 0.799. The van der Waals surface area contributed by atoms with Gasteiger partial charge < -0.3 is 10.1 Å². The van der Waals surface area contributed by atoms with Crippen molar-refractivity contribution >= 4 is 27.6 Å². The van der Waals surface area contributed by atoms with Gasteiger partial charge in [-0.05, 0) is 31.3 Å². The smallest absolute Gasteiger partial charge is 0.149 e. The van der Waals surface area contributed by atoms with E-state index in [9.17, 15) is 0 Å². The van der Waals surface area contributed by atoms with Crippen LogP contribution in [0.3, 0.4) is 0 Å². The van der Waals surface area contributed by atoms with Gasteiger partial charge in [0.1, 0.15) is 17.0 Å². The van der Waals surface area contributed by atoms with Crippen LogP contribution < -0.4 is 5.32 Å². The average Bonchev–Trinajstić information content (AvgIpc) is 2.72. The largest absolute Gasteiger partial charge is 0.385 e. The lowest BCUT2D eigenvalue weighted by Crippen LogP contribution is -2.05. The van der Waals surface area contributed by atoms with Crippen LogP contribution in [0, 0.1) is 6.92 Å². The molecule has 2 rings (SSSR count). The highest BCUT2D eigenvalue weighted by atomic mass is 32.1. The third-order valence-electron chi connectivity index (χ3n) is 2.51. The molecule has 0 aliphatic carbocycles. The molecule has 0 amide bonds. The molecule has 6 heteroatoms. The van der Waals surface area contributed by atoms with Gasteiger partial charge in [-0.1, -0.05) is 0 Å². The van der Waals surface area contributed by atoms with Crippen LogP contribution in [0.15, 0.2) is 6.33 Å². The van der Waals surface area contributed by atoms with Crippen LogP contribution in [0.1, 0.15) is 18.5 Å². The fourth-order valence-corrected chi connectivity index (χ4v) is 2.38. The van der Waals surface area contributed by atoms with Crippen LogP contribution in [-0.2, 0) is 4.74 Å². The number of aromatic nitrogens is 3. The zero-order valence-electron chi connectivity index (χ0n) is 10.1. The molecule has 17 heavy (non-hydrogen) atoms. The minimum Gasteiger partial charge on any atom is -0.385 e. The number of rotatable bonds is 6. The van der Waals surface area contributed by atoms with Gasteiger partial charge in [0.05, 0.1) is 11.1 Å². The lowest BCUT2D eigenvalue weighted by Gasteiger charge is -2.06. The molecular formula is C11H16N4OS. The Kier molecular flexibility index (Phi) is 4.22. The fourth-order valence-electron chi connectivity index (χ4n) is 1.63. The number of fused-ring (bicyclic) bond motifs is 1. The van der Waals surface area contributed by atoms with Crippen molar-refractivity contribution in [2.24, 2.45) is 0 Å². The van der Waals surface area contributed by atoms with Crippen molar-refractivity contribution in [3.63, 3.8) is 0 Å². The highest BCUT2D eigenvalue weighted by Gasteiger charge is 2.08. The molecule has 0 atom stereocenters. The maximum Gasteiger partial charge on any atom is 0.149 e. The first-order valence-corrected chi connectivity index (χ1v) is 6.40. The predicted molar refractivity (Wildman–Crippen MR) is 69.5 cm³/mol. The Labute approximate surface area is 104 Å². The Bertz CT molecular complexity index is 485. The number of aryl methyl sites for hydroxylation is 1. The molecule has 1 N–H and O–H groups in total. The van der Waals surface area contributed by atoms with Gasteiger partial charge in [0, 0.05) is 20.3 Å². The zero-order chi connectivity index (χ0) is 12.1. The summed E-state index contributed by atoms with van der Waals surface area (Å²) >= 11 is 1.41. The molecule has 0 aliphatic rings. The zero-order valence-corrected chi connectivity index (χ0v) is 10.9. The second-order valence-electron chi connectivity index (χ2n) is 3.80. The van der Waals surface area contributed by atoms with Crippen molar-refractivity contribution in [1.29, 1.82) is 0 Å². The third kappa shape index (κ3) is 2.89. The summed E-state index contributed by atoms with van der Waals surface area (Å²) in [5.74, 6) is 0.888. The minimum absolute atomic E-state index is 0.805. The molecule has 0 saturated heterocycles. The van der Waals surface area contributed by atoms with E-state index in [1.165, 1.54) is 11.5 Å². The molecule has 0 spiro atoms. The average molecular weight is 252 g/mol. The highest BCUT2D eigenvalue weighted by molar-refractivity contribution is 7.13. The Balaban J connectivity index is 2.00. The predicted octanol–water partition coefficient (Wildman–Crippen LogP) is 2.23. The number of anilines is 1. The molecule has 0 aliphatic heterocycles. The summed E-state index contributed by atoms with van der Waals surface area (Å²) in [7, 11) is 1.72. The van der Waals surface area contributed by atoms with Crippen LogP contribution in [0.2, 0.25) is 0 Å². The molecule has 2 aromatic rings. The molecule has 0 radical (unpaired) electrons. The first-order valence-electron chi connectivity index (χ1n) is 5.62. The lowest BCUT2D eigenvalue weighted by atomic mass is 10.3. The van der Waals surface area contributed by atoms with E-state index in [1.807, 2.05) is 6.92 Å². The van der Waals surface area contributed by atoms with E-state index in [2.05, 4.69) is 19.7 Å². The molecule has 0 bridgehead atoms. The molecule has 2 aromatic heterocycles. The van der Waals surface area contributed by atoms with E-state index >= 15 is 0 Å². The maximum atomic E-state index is 5.01. The first kappa shape index (κ1) is 12.2. The topological polar surface area (TPSA) is 59.9 Å². The Morgan fingerprint density at radius 1 is 1.35 bits per heavy atom.